The molecule has 1 amide bonds. The van der Waals surface area contributed by atoms with Gasteiger partial charge in [-0.15, -0.1) is 0 Å². The van der Waals surface area contributed by atoms with E-state index in [9.17, 15) is 9.35 Å². The molecular weight excluding hydrogens is 623 g/mol. The van der Waals surface area contributed by atoms with Gasteiger partial charge in [0.15, 0.2) is 10.6 Å². The number of rotatable bonds is 17. The number of carbonyl (C=O) groups is 1. The predicted molar refractivity (Wildman–Crippen MR) is 194 cm³/mol. The van der Waals surface area contributed by atoms with Gasteiger partial charge in [-0.1, -0.05) is 32.4 Å². The molecule has 0 unspecified atom stereocenters. The first-order valence-corrected chi connectivity index (χ1v) is 18.3. The summed E-state index contributed by atoms with van der Waals surface area (Å²) in [6.45, 7) is 10.7. The monoisotopic (exact) mass is 669 g/mol. The Morgan fingerprint density at radius 3 is 2.48 bits per heavy atom. The van der Waals surface area contributed by atoms with Crippen molar-refractivity contribution in [3.05, 3.63) is 90.1 Å². The highest BCUT2D eigenvalue weighted by Gasteiger charge is 2.19. The number of aryl methyl sites for hydroxylation is 1. The third-order valence-electron chi connectivity index (χ3n) is 8.27. The van der Waals surface area contributed by atoms with Crippen molar-refractivity contribution in [3.8, 4) is 16.9 Å². The van der Waals surface area contributed by atoms with Crippen molar-refractivity contribution < 1.29 is 18.8 Å². The maximum atomic E-state index is 13.3. The number of unbranched alkanes of at least 4 members (excludes halogenated alkanes) is 1. The highest BCUT2D eigenvalue weighted by Crippen LogP contribution is 2.30. The highest BCUT2D eigenvalue weighted by molar-refractivity contribution is 7.90. The minimum absolute atomic E-state index is 0.203. The topological polar surface area (TPSA) is 105 Å². The fourth-order valence-corrected chi connectivity index (χ4v) is 6.70. The van der Waals surface area contributed by atoms with E-state index in [1.165, 1.54) is 0 Å². The Morgan fingerprint density at radius 1 is 0.979 bits per heavy atom. The lowest BCUT2D eigenvalue weighted by molar-refractivity contribution is -0.112. The molecule has 1 N–H and O–H groups in total. The third-order valence-corrected chi connectivity index (χ3v) is 9.63. The zero-order valence-electron chi connectivity index (χ0n) is 28.3. The number of hydrogen-bond donors (Lipinski definition) is 1. The number of nitrogens with zero attached hydrogens (tertiary/aromatic N) is 4. The lowest BCUT2D eigenvalue weighted by Crippen LogP contribution is -2.20. The normalized spacial score (nSPS) is 13.9. The van der Waals surface area contributed by atoms with Crippen LogP contribution in [0.2, 0.25) is 0 Å². The van der Waals surface area contributed by atoms with Crippen LogP contribution >= 0.6 is 0 Å². The molecule has 10 heteroatoms. The number of hydrogen-bond acceptors (Lipinski definition) is 7. The van der Waals surface area contributed by atoms with Crippen LogP contribution in [0.25, 0.3) is 17.2 Å². The number of carbonyl (C=O) groups excluding carboxylic acids is 1. The van der Waals surface area contributed by atoms with Crippen molar-refractivity contribution in [2.24, 2.45) is 0 Å². The van der Waals surface area contributed by atoms with E-state index in [0.717, 1.165) is 92.3 Å². The lowest BCUT2D eigenvalue weighted by atomic mass is 10.0. The van der Waals surface area contributed by atoms with Crippen molar-refractivity contribution in [2.75, 3.05) is 43.1 Å². The quantitative estimate of drug-likeness (QED) is 0.0705. The summed E-state index contributed by atoms with van der Waals surface area (Å²) in [4.78, 5) is 25.4. The number of aromatic nitrogens is 3. The Balaban J connectivity index is 1.25. The second-order valence-electron chi connectivity index (χ2n) is 12.0. The van der Waals surface area contributed by atoms with E-state index >= 15 is 0 Å². The average molecular weight is 670 g/mol. The van der Waals surface area contributed by atoms with Crippen LogP contribution in [0.5, 0.6) is 5.75 Å². The predicted octanol–water partition coefficient (Wildman–Crippen LogP) is 7.50. The van der Waals surface area contributed by atoms with Crippen molar-refractivity contribution >= 4 is 34.7 Å². The molecule has 0 aliphatic carbocycles. The number of ether oxygens (including phenoxy) is 2. The van der Waals surface area contributed by atoms with E-state index in [1.54, 1.807) is 24.7 Å². The summed E-state index contributed by atoms with van der Waals surface area (Å²) in [5.74, 6) is 1.88. The van der Waals surface area contributed by atoms with Crippen LogP contribution in [-0.2, 0) is 33.0 Å². The van der Waals surface area contributed by atoms with Gasteiger partial charge < -0.3 is 28.8 Å². The average Bonchev–Trinajstić information content (AvgIpc) is 3.80. The standard InChI is InChI=1S/C38H47N5O4S/c1-4-6-20-46-21-22-47-35-13-9-30(10-14-35)32-24-31(37(40-25-32)42-18-7-8-19-42)23-29(3)38(44)41-33-11-15-36(16-12-33)48(45)27-34-26-39-28-43(34)17-5-2/h9-16,23-26,28H,4-8,17-22,27H2,1-3H3,(H,41,44)/b29-23+/t48-/m0/s1. The molecule has 0 spiro atoms. The summed E-state index contributed by atoms with van der Waals surface area (Å²) in [5.41, 5.74) is 5.05. The number of amides is 1. The Hall–Kier alpha value is -4.12. The Labute approximate surface area is 287 Å². The second kappa shape index (κ2) is 17.9. The van der Waals surface area contributed by atoms with Gasteiger partial charge in [0.05, 0.1) is 24.8 Å². The molecule has 0 radical (unpaired) electrons. The van der Waals surface area contributed by atoms with Gasteiger partial charge in [0.25, 0.3) is 5.91 Å². The van der Waals surface area contributed by atoms with Gasteiger partial charge in [-0.2, -0.15) is 0 Å². The zero-order chi connectivity index (χ0) is 33.7. The summed E-state index contributed by atoms with van der Waals surface area (Å²) in [7, 11) is 0. The van der Waals surface area contributed by atoms with Crippen LogP contribution in [0.15, 0.2) is 83.8 Å². The number of pyridine rings is 1. The van der Waals surface area contributed by atoms with Gasteiger partial charge in [-0.05, 0) is 97.9 Å². The van der Waals surface area contributed by atoms with Crippen molar-refractivity contribution in [1.82, 2.24) is 14.5 Å². The van der Waals surface area contributed by atoms with Crippen LogP contribution in [-0.4, -0.2) is 57.9 Å². The molecule has 9 nitrogen and oxygen atoms in total. The van der Waals surface area contributed by atoms with Gasteiger partial charge >= 0.3 is 0 Å². The molecule has 1 aliphatic rings. The largest absolute Gasteiger partial charge is 0.611 e. The van der Waals surface area contributed by atoms with E-state index < -0.39 is 11.2 Å². The Morgan fingerprint density at radius 2 is 1.75 bits per heavy atom. The fraction of sp³-hybridized carbons (Fsp3) is 0.395. The van der Waals surface area contributed by atoms with Crippen molar-refractivity contribution in [2.45, 2.75) is 70.1 Å². The number of anilines is 2. The van der Waals surface area contributed by atoms with E-state index in [2.05, 4.69) is 35.1 Å². The molecule has 4 aromatic rings. The fourth-order valence-electron chi connectivity index (χ4n) is 5.59. The highest BCUT2D eigenvalue weighted by atomic mass is 32.2. The first kappa shape index (κ1) is 35.2. The molecule has 2 aromatic carbocycles. The maximum absolute atomic E-state index is 13.3. The van der Waals surface area contributed by atoms with Crippen LogP contribution in [0, 0.1) is 0 Å². The van der Waals surface area contributed by atoms with E-state index in [4.69, 9.17) is 14.5 Å². The minimum Gasteiger partial charge on any atom is -0.611 e. The molecule has 1 saturated heterocycles. The van der Waals surface area contributed by atoms with E-state index in [1.807, 2.05) is 60.2 Å². The first-order valence-electron chi connectivity index (χ1n) is 17.0. The van der Waals surface area contributed by atoms with Crippen LogP contribution in [0.4, 0.5) is 11.5 Å². The van der Waals surface area contributed by atoms with E-state index in [-0.39, 0.29) is 5.91 Å². The molecule has 1 aliphatic heterocycles. The maximum Gasteiger partial charge on any atom is 0.251 e. The summed E-state index contributed by atoms with van der Waals surface area (Å²) in [5, 5.41) is 2.99. The SMILES string of the molecule is CCCCOCCOc1ccc(-c2cnc(N3CCCC3)c(/C=C(\C)C(=O)Nc3ccc([S@@+]([O-])Cc4cncn4CCC)cc3)c2)cc1. The van der Waals surface area contributed by atoms with Crippen molar-refractivity contribution in [3.63, 3.8) is 0 Å². The van der Waals surface area contributed by atoms with Gasteiger partial charge in [-0.3, -0.25) is 4.79 Å². The Kier molecular flexibility index (Phi) is 13.1. The molecule has 3 heterocycles. The summed E-state index contributed by atoms with van der Waals surface area (Å²) < 4.78 is 26.5. The smallest absolute Gasteiger partial charge is 0.251 e. The summed E-state index contributed by atoms with van der Waals surface area (Å²) >= 11 is -1.22. The van der Waals surface area contributed by atoms with Crippen molar-refractivity contribution in [1.29, 1.82) is 0 Å². The van der Waals surface area contributed by atoms with Gasteiger partial charge in [0, 0.05) is 54.8 Å². The zero-order valence-corrected chi connectivity index (χ0v) is 29.1. The second-order valence-corrected chi connectivity index (χ2v) is 13.5. The lowest BCUT2D eigenvalue weighted by Gasteiger charge is -2.20. The number of imidazole rings is 1. The van der Waals surface area contributed by atoms with E-state index in [0.29, 0.717) is 35.1 Å². The number of nitrogens with one attached hydrogen (secondary N) is 1. The molecule has 0 bridgehead atoms. The Bertz CT molecular complexity index is 1630. The molecule has 1 atom stereocenters. The van der Waals surface area contributed by atoms with Gasteiger partial charge in [0.2, 0.25) is 0 Å². The molecule has 2 aromatic heterocycles. The molecule has 1 fully saturated rings. The molecule has 5 rings (SSSR count). The van der Waals surface area contributed by atoms with Crippen LogP contribution in [0.3, 0.4) is 0 Å². The first-order chi connectivity index (χ1) is 23.4. The number of benzene rings is 2. The van der Waals surface area contributed by atoms with Gasteiger partial charge in [0.1, 0.15) is 18.2 Å². The molecule has 0 saturated carbocycles. The summed E-state index contributed by atoms with van der Waals surface area (Å²) in [6, 6.07) is 17.3. The summed E-state index contributed by atoms with van der Waals surface area (Å²) in [6.07, 6.45) is 12.8. The molecule has 48 heavy (non-hydrogen) atoms. The minimum atomic E-state index is -1.22. The van der Waals surface area contributed by atoms with Gasteiger partial charge in [-0.25, -0.2) is 9.97 Å². The van der Waals surface area contributed by atoms with Crippen LogP contribution in [0.1, 0.15) is 64.1 Å². The van der Waals surface area contributed by atoms with Crippen LogP contribution < -0.4 is 15.0 Å². The molecular formula is C38H47N5O4S. The third kappa shape index (κ3) is 9.71. The molecule has 254 valence electrons.